The average molecular weight is 316 g/mol. The van der Waals surface area contributed by atoms with Crippen molar-refractivity contribution in [3.63, 3.8) is 0 Å². The Morgan fingerprint density at radius 2 is 2.33 bits per heavy atom. The molecule has 0 spiro atoms. The van der Waals surface area contributed by atoms with Gasteiger partial charge in [0, 0.05) is 32.9 Å². The summed E-state index contributed by atoms with van der Waals surface area (Å²) < 4.78 is 33.7. The number of nitrogens with zero attached hydrogens (tertiary/aromatic N) is 3. The predicted molar refractivity (Wildman–Crippen MR) is 79.6 cm³/mol. The van der Waals surface area contributed by atoms with Gasteiger partial charge in [0.2, 0.25) is 10.0 Å². The Labute approximate surface area is 126 Å². The van der Waals surface area contributed by atoms with Crippen LogP contribution >= 0.6 is 0 Å². The minimum Gasteiger partial charge on any atom is -0.380 e. The maximum Gasteiger partial charge on any atom is 0.246 e. The first kappa shape index (κ1) is 16.4. The second kappa shape index (κ2) is 7.35. The Morgan fingerprint density at radius 3 is 3.05 bits per heavy atom. The third-order valence-electron chi connectivity index (χ3n) is 3.74. The first-order valence-corrected chi connectivity index (χ1v) is 8.72. The fraction of sp³-hybridized carbons (Fsp3) is 0.769. The molecule has 1 fully saturated rings. The summed E-state index contributed by atoms with van der Waals surface area (Å²) in [5.41, 5.74) is 0. The number of rotatable bonds is 7. The highest BCUT2D eigenvalue weighted by molar-refractivity contribution is 7.89. The number of nitrogens with one attached hydrogen (secondary N) is 1. The van der Waals surface area contributed by atoms with E-state index >= 15 is 0 Å². The number of ether oxygens (including phenoxy) is 1. The van der Waals surface area contributed by atoms with Crippen molar-refractivity contribution in [2.45, 2.75) is 36.8 Å². The highest BCUT2D eigenvalue weighted by Crippen LogP contribution is 2.21. The standard InChI is InChI=1S/C13H24N4O3S/c1-14-6-4-7-16-11-13(9-15-16)21(18,19)17-8-3-5-12(10-17)20-2/h9,11-12,14H,3-8,10H2,1-2H3. The van der Waals surface area contributed by atoms with E-state index in [0.29, 0.717) is 19.6 Å². The lowest BCUT2D eigenvalue weighted by atomic mass is 10.1. The molecule has 1 aromatic rings. The lowest BCUT2D eigenvalue weighted by Crippen LogP contribution is -2.42. The highest BCUT2D eigenvalue weighted by atomic mass is 32.2. The van der Waals surface area contributed by atoms with Crippen LogP contribution in [-0.2, 0) is 21.3 Å². The second-order valence-electron chi connectivity index (χ2n) is 5.26. The van der Waals surface area contributed by atoms with Crippen molar-refractivity contribution in [3.05, 3.63) is 12.4 Å². The summed E-state index contributed by atoms with van der Waals surface area (Å²) in [6.45, 7) is 2.55. The van der Waals surface area contributed by atoms with Gasteiger partial charge in [-0.15, -0.1) is 0 Å². The van der Waals surface area contributed by atoms with Crippen LogP contribution in [0.2, 0.25) is 0 Å². The maximum absolute atomic E-state index is 12.6. The van der Waals surface area contributed by atoms with Crippen molar-refractivity contribution >= 4 is 10.0 Å². The molecule has 0 aromatic carbocycles. The van der Waals surface area contributed by atoms with Crippen molar-refractivity contribution in [1.82, 2.24) is 19.4 Å². The molecule has 0 radical (unpaired) electrons. The van der Waals surface area contributed by atoms with Crippen LogP contribution < -0.4 is 5.32 Å². The van der Waals surface area contributed by atoms with Gasteiger partial charge in [0.25, 0.3) is 0 Å². The largest absolute Gasteiger partial charge is 0.380 e. The molecule has 1 atom stereocenters. The fourth-order valence-corrected chi connectivity index (χ4v) is 3.95. The molecule has 1 N–H and O–H groups in total. The van der Waals surface area contributed by atoms with Gasteiger partial charge in [-0.2, -0.15) is 9.40 Å². The zero-order valence-corrected chi connectivity index (χ0v) is 13.5. The molecule has 7 nitrogen and oxygen atoms in total. The van der Waals surface area contributed by atoms with Crippen LogP contribution in [0, 0.1) is 0 Å². The number of hydrogen-bond acceptors (Lipinski definition) is 5. The van der Waals surface area contributed by atoms with Crippen LogP contribution in [0.4, 0.5) is 0 Å². The van der Waals surface area contributed by atoms with E-state index in [1.807, 2.05) is 7.05 Å². The summed E-state index contributed by atoms with van der Waals surface area (Å²) in [5, 5.41) is 7.20. The number of aromatic nitrogens is 2. The van der Waals surface area contributed by atoms with Crippen LogP contribution in [0.3, 0.4) is 0 Å². The molecule has 0 saturated carbocycles. The van der Waals surface area contributed by atoms with Gasteiger partial charge >= 0.3 is 0 Å². The summed E-state index contributed by atoms with van der Waals surface area (Å²) in [7, 11) is 0.0556. The van der Waals surface area contributed by atoms with Gasteiger partial charge in [-0.25, -0.2) is 8.42 Å². The summed E-state index contributed by atoms with van der Waals surface area (Å²) in [6, 6.07) is 0. The van der Waals surface area contributed by atoms with Crippen LogP contribution in [-0.4, -0.2) is 62.4 Å². The third kappa shape index (κ3) is 4.03. The number of aryl methyl sites for hydroxylation is 1. The zero-order chi connectivity index (χ0) is 15.3. The van der Waals surface area contributed by atoms with Crippen LogP contribution in [0.25, 0.3) is 0 Å². The van der Waals surface area contributed by atoms with Gasteiger partial charge in [0.15, 0.2) is 0 Å². The van der Waals surface area contributed by atoms with E-state index in [9.17, 15) is 8.42 Å². The molecule has 8 heteroatoms. The van der Waals surface area contributed by atoms with Gasteiger partial charge in [0.1, 0.15) is 4.90 Å². The van der Waals surface area contributed by atoms with E-state index in [1.165, 1.54) is 10.5 Å². The minimum absolute atomic E-state index is 0.0146. The first-order chi connectivity index (χ1) is 10.1. The first-order valence-electron chi connectivity index (χ1n) is 7.28. The molecule has 0 aliphatic carbocycles. The molecule has 120 valence electrons. The molecule has 1 unspecified atom stereocenters. The van der Waals surface area contributed by atoms with Gasteiger partial charge < -0.3 is 10.1 Å². The monoisotopic (exact) mass is 316 g/mol. The molecular formula is C13H24N4O3S. The predicted octanol–water partition coefficient (Wildman–Crippen LogP) is 0.292. The summed E-state index contributed by atoms with van der Waals surface area (Å²) in [5.74, 6) is 0. The van der Waals surface area contributed by atoms with E-state index in [4.69, 9.17) is 4.74 Å². The quantitative estimate of drug-likeness (QED) is 0.732. The molecule has 0 amide bonds. The van der Waals surface area contributed by atoms with Gasteiger partial charge in [0.05, 0.1) is 12.3 Å². The molecular weight excluding hydrogens is 292 g/mol. The summed E-state index contributed by atoms with van der Waals surface area (Å²) in [4.78, 5) is 0.267. The van der Waals surface area contributed by atoms with Crippen molar-refractivity contribution in [1.29, 1.82) is 0 Å². The summed E-state index contributed by atoms with van der Waals surface area (Å²) in [6.07, 6.45) is 5.68. The SMILES string of the molecule is CNCCCn1cc(S(=O)(=O)N2CCCC(OC)C2)cn1. The van der Waals surface area contributed by atoms with Crippen LogP contribution in [0.1, 0.15) is 19.3 Å². The minimum atomic E-state index is -3.46. The summed E-state index contributed by atoms with van der Waals surface area (Å²) >= 11 is 0. The zero-order valence-electron chi connectivity index (χ0n) is 12.7. The number of hydrogen-bond donors (Lipinski definition) is 1. The van der Waals surface area contributed by atoms with Crippen LogP contribution in [0.15, 0.2) is 17.3 Å². The number of piperidine rings is 1. The smallest absolute Gasteiger partial charge is 0.246 e. The van der Waals surface area contributed by atoms with Crippen molar-refractivity contribution in [2.75, 3.05) is 33.8 Å². The Hall–Kier alpha value is -0.960. The van der Waals surface area contributed by atoms with Gasteiger partial charge in [-0.3, -0.25) is 4.68 Å². The van der Waals surface area contributed by atoms with Crippen molar-refractivity contribution < 1.29 is 13.2 Å². The topological polar surface area (TPSA) is 76.5 Å². The highest BCUT2D eigenvalue weighted by Gasteiger charge is 2.31. The average Bonchev–Trinajstić information content (AvgIpc) is 2.97. The normalized spacial score (nSPS) is 20.8. The molecule has 0 bridgehead atoms. The molecule has 1 aliphatic rings. The van der Waals surface area contributed by atoms with E-state index in [0.717, 1.165) is 25.8 Å². The van der Waals surface area contributed by atoms with E-state index in [2.05, 4.69) is 10.4 Å². The van der Waals surface area contributed by atoms with Crippen LogP contribution in [0.5, 0.6) is 0 Å². The Kier molecular flexibility index (Phi) is 5.74. The van der Waals surface area contributed by atoms with Crippen molar-refractivity contribution in [2.24, 2.45) is 0 Å². The fourth-order valence-electron chi connectivity index (χ4n) is 2.48. The molecule has 1 aromatic heterocycles. The molecule has 1 saturated heterocycles. The molecule has 21 heavy (non-hydrogen) atoms. The maximum atomic E-state index is 12.6. The van der Waals surface area contributed by atoms with E-state index in [1.54, 1.807) is 18.0 Å². The van der Waals surface area contributed by atoms with E-state index in [-0.39, 0.29) is 11.0 Å². The molecule has 2 heterocycles. The lowest BCUT2D eigenvalue weighted by Gasteiger charge is -2.30. The lowest BCUT2D eigenvalue weighted by molar-refractivity contribution is 0.0572. The molecule has 2 rings (SSSR count). The van der Waals surface area contributed by atoms with Gasteiger partial charge in [-0.1, -0.05) is 0 Å². The van der Waals surface area contributed by atoms with Gasteiger partial charge in [-0.05, 0) is 32.9 Å². The second-order valence-corrected chi connectivity index (χ2v) is 7.20. The Balaban J connectivity index is 2.05. The van der Waals surface area contributed by atoms with E-state index < -0.39 is 10.0 Å². The Morgan fingerprint density at radius 1 is 1.52 bits per heavy atom. The number of sulfonamides is 1. The third-order valence-corrected chi connectivity index (χ3v) is 5.55. The van der Waals surface area contributed by atoms with Crippen molar-refractivity contribution in [3.8, 4) is 0 Å². The Bertz CT molecular complexity index is 543. The molecule has 1 aliphatic heterocycles. The number of methoxy groups -OCH3 is 1.